The Labute approximate surface area is 134 Å². The molecule has 3 N–H and O–H groups in total. The quantitative estimate of drug-likeness (QED) is 0.774. The van der Waals surface area contributed by atoms with Crippen LogP contribution in [-0.2, 0) is 7.05 Å². The van der Waals surface area contributed by atoms with Crippen molar-refractivity contribution in [1.29, 1.82) is 0 Å². The van der Waals surface area contributed by atoms with Crippen molar-refractivity contribution in [3.05, 3.63) is 36.4 Å². The zero-order valence-corrected chi connectivity index (χ0v) is 13.2. The van der Waals surface area contributed by atoms with E-state index in [-0.39, 0.29) is 0 Å². The van der Waals surface area contributed by atoms with Gasteiger partial charge in [-0.15, -0.1) is 0 Å². The van der Waals surface area contributed by atoms with Crippen molar-refractivity contribution in [2.24, 2.45) is 12.8 Å². The molecule has 0 amide bonds. The van der Waals surface area contributed by atoms with Crippen molar-refractivity contribution in [2.75, 3.05) is 5.32 Å². The fourth-order valence-corrected chi connectivity index (χ4v) is 3.41. The monoisotopic (exact) mass is 311 g/mol. The lowest BCUT2D eigenvalue weighted by Crippen LogP contribution is -2.27. The number of nitrogens with two attached hydrogens (primary N) is 1. The third-order valence-electron chi connectivity index (χ3n) is 4.56. The number of hydrogen-bond acceptors (Lipinski definition) is 5. The number of nitrogens with one attached hydrogen (secondary N) is 1. The molecule has 3 aromatic rings. The molecular formula is C16H21N7. The molecule has 3 heterocycles. The Hall–Kier alpha value is -2.41. The lowest BCUT2D eigenvalue weighted by Gasteiger charge is -2.27. The SMILES string of the molecule is Cn1ccc(Nc2cc(C3CCCC(N)C3)cn3ncnc23)n1. The summed E-state index contributed by atoms with van der Waals surface area (Å²) in [6.45, 7) is 0. The predicted molar refractivity (Wildman–Crippen MR) is 88.7 cm³/mol. The van der Waals surface area contributed by atoms with Crippen LogP contribution >= 0.6 is 0 Å². The fraction of sp³-hybridized carbons (Fsp3) is 0.438. The first-order valence-corrected chi connectivity index (χ1v) is 8.04. The van der Waals surface area contributed by atoms with Gasteiger partial charge in [-0.3, -0.25) is 4.68 Å². The molecular weight excluding hydrogens is 290 g/mol. The molecule has 0 radical (unpaired) electrons. The minimum atomic E-state index is 0.299. The molecule has 0 saturated heterocycles. The van der Waals surface area contributed by atoms with E-state index in [0.29, 0.717) is 12.0 Å². The van der Waals surface area contributed by atoms with Crippen molar-refractivity contribution in [3.8, 4) is 0 Å². The first kappa shape index (κ1) is 14.2. The van der Waals surface area contributed by atoms with Crippen LogP contribution in [0.2, 0.25) is 0 Å². The van der Waals surface area contributed by atoms with Gasteiger partial charge in [-0.1, -0.05) is 6.42 Å². The molecule has 1 aliphatic carbocycles. The molecule has 1 fully saturated rings. The van der Waals surface area contributed by atoms with Gasteiger partial charge in [-0.05, 0) is 36.8 Å². The molecule has 0 aliphatic heterocycles. The van der Waals surface area contributed by atoms with Crippen LogP contribution in [-0.4, -0.2) is 30.4 Å². The summed E-state index contributed by atoms with van der Waals surface area (Å²) in [4.78, 5) is 4.35. The van der Waals surface area contributed by atoms with E-state index in [2.05, 4.69) is 32.8 Å². The Kier molecular flexibility index (Phi) is 3.49. The Balaban J connectivity index is 1.72. The number of hydrogen-bond donors (Lipinski definition) is 2. The predicted octanol–water partition coefficient (Wildman–Crippen LogP) is 2.19. The van der Waals surface area contributed by atoms with E-state index < -0.39 is 0 Å². The van der Waals surface area contributed by atoms with Crippen LogP contribution in [0.3, 0.4) is 0 Å². The molecule has 2 atom stereocenters. The number of aryl methyl sites for hydroxylation is 1. The van der Waals surface area contributed by atoms with E-state index >= 15 is 0 Å². The van der Waals surface area contributed by atoms with E-state index in [4.69, 9.17) is 5.73 Å². The highest BCUT2D eigenvalue weighted by Gasteiger charge is 2.22. The number of pyridine rings is 1. The smallest absolute Gasteiger partial charge is 0.178 e. The molecule has 0 aromatic carbocycles. The number of aromatic nitrogens is 5. The molecule has 120 valence electrons. The Morgan fingerprint density at radius 1 is 1.35 bits per heavy atom. The normalized spacial score (nSPS) is 21.7. The van der Waals surface area contributed by atoms with Gasteiger partial charge in [0.25, 0.3) is 0 Å². The second kappa shape index (κ2) is 5.66. The molecule has 7 heteroatoms. The van der Waals surface area contributed by atoms with Crippen LogP contribution in [0.5, 0.6) is 0 Å². The van der Waals surface area contributed by atoms with Gasteiger partial charge in [0.2, 0.25) is 0 Å². The second-order valence-electron chi connectivity index (χ2n) is 6.34. The maximum Gasteiger partial charge on any atom is 0.178 e. The van der Waals surface area contributed by atoms with Crippen molar-refractivity contribution < 1.29 is 0 Å². The fourth-order valence-electron chi connectivity index (χ4n) is 3.41. The van der Waals surface area contributed by atoms with Crippen LogP contribution in [0.25, 0.3) is 5.65 Å². The molecule has 23 heavy (non-hydrogen) atoms. The maximum atomic E-state index is 6.16. The van der Waals surface area contributed by atoms with Crippen molar-refractivity contribution in [2.45, 2.75) is 37.6 Å². The van der Waals surface area contributed by atoms with E-state index in [1.807, 2.05) is 23.8 Å². The number of rotatable bonds is 3. The zero-order valence-electron chi connectivity index (χ0n) is 13.2. The Morgan fingerprint density at radius 3 is 3.04 bits per heavy atom. The third-order valence-corrected chi connectivity index (χ3v) is 4.56. The molecule has 1 aliphatic rings. The number of nitrogens with zero attached hydrogens (tertiary/aromatic N) is 5. The first-order valence-electron chi connectivity index (χ1n) is 8.04. The van der Waals surface area contributed by atoms with E-state index in [0.717, 1.165) is 30.0 Å². The summed E-state index contributed by atoms with van der Waals surface area (Å²) in [5, 5.41) is 12.0. The molecule has 0 bridgehead atoms. The molecule has 4 rings (SSSR count). The standard InChI is InChI=1S/C16H21N7/c1-22-6-5-15(21-22)20-14-8-12(9-23-16(14)18-10-19-23)11-3-2-4-13(17)7-11/h5-6,8-11,13H,2-4,7,17H2,1H3,(H,20,21). The van der Waals surface area contributed by atoms with Crippen LogP contribution in [0, 0.1) is 0 Å². The van der Waals surface area contributed by atoms with Gasteiger partial charge in [0.1, 0.15) is 6.33 Å². The molecule has 7 nitrogen and oxygen atoms in total. The Bertz CT molecular complexity index is 819. The molecule has 2 unspecified atom stereocenters. The zero-order chi connectivity index (χ0) is 15.8. The highest BCUT2D eigenvalue weighted by atomic mass is 15.3. The molecule has 0 spiro atoms. The first-order chi connectivity index (χ1) is 11.2. The van der Waals surface area contributed by atoms with Crippen molar-refractivity contribution in [3.63, 3.8) is 0 Å². The highest BCUT2D eigenvalue weighted by Crippen LogP contribution is 2.34. The summed E-state index contributed by atoms with van der Waals surface area (Å²) < 4.78 is 3.61. The minimum Gasteiger partial charge on any atom is -0.336 e. The van der Waals surface area contributed by atoms with Gasteiger partial charge in [0, 0.05) is 31.5 Å². The van der Waals surface area contributed by atoms with Gasteiger partial charge in [-0.2, -0.15) is 10.2 Å². The van der Waals surface area contributed by atoms with Gasteiger partial charge < -0.3 is 11.1 Å². The van der Waals surface area contributed by atoms with Crippen LogP contribution in [0.15, 0.2) is 30.9 Å². The van der Waals surface area contributed by atoms with E-state index in [1.165, 1.54) is 18.4 Å². The van der Waals surface area contributed by atoms with Gasteiger partial charge >= 0.3 is 0 Å². The van der Waals surface area contributed by atoms with E-state index in [1.54, 1.807) is 11.0 Å². The summed E-state index contributed by atoms with van der Waals surface area (Å²) in [7, 11) is 1.90. The average Bonchev–Trinajstić information content (AvgIpc) is 3.16. The summed E-state index contributed by atoms with van der Waals surface area (Å²) in [6, 6.07) is 4.41. The number of anilines is 2. The van der Waals surface area contributed by atoms with Crippen molar-refractivity contribution >= 4 is 17.2 Å². The lowest BCUT2D eigenvalue weighted by atomic mass is 9.82. The van der Waals surface area contributed by atoms with Gasteiger partial charge in [0.15, 0.2) is 11.5 Å². The van der Waals surface area contributed by atoms with Crippen LogP contribution < -0.4 is 11.1 Å². The summed E-state index contributed by atoms with van der Waals surface area (Å²) >= 11 is 0. The number of fused-ring (bicyclic) bond motifs is 1. The third kappa shape index (κ3) is 2.79. The van der Waals surface area contributed by atoms with Crippen LogP contribution in [0.4, 0.5) is 11.5 Å². The summed E-state index contributed by atoms with van der Waals surface area (Å²) in [6.07, 6.45) is 10.1. The maximum absolute atomic E-state index is 6.16. The van der Waals surface area contributed by atoms with Gasteiger partial charge in [-0.25, -0.2) is 9.50 Å². The topological polar surface area (TPSA) is 86.1 Å². The van der Waals surface area contributed by atoms with Gasteiger partial charge in [0.05, 0.1) is 5.69 Å². The largest absolute Gasteiger partial charge is 0.336 e. The Morgan fingerprint density at radius 2 is 2.26 bits per heavy atom. The minimum absolute atomic E-state index is 0.299. The van der Waals surface area contributed by atoms with Crippen molar-refractivity contribution in [1.82, 2.24) is 24.4 Å². The summed E-state index contributed by atoms with van der Waals surface area (Å²) in [5.41, 5.74) is 9.15. The molecule has 1 saturated carbocycles. The highest BCUT2D eigenvalue weighted by molar-refractivity contribution is 5.72. The summed E-state index contributed by atoms with van der Waals surface area (Å²) in [5.74, 6) is 1.28. The average molecular weight is 311 g/mol. The van der Waals surface area contributed by atoms with Crippen LogP contribution in [0.1, 0.15) is 37.2 Å². The van der Waals surface area contributed by atoms with E-state index in [9.17, 15) is 0 Å². The molecule has 3 aromatic heterocycles. The lowest BCUT2D eigenvalue weighted by molar-refractivity contribution is 0.392. The second-order valence-corrected chi connectivity index (χ2v) is 6.34.